The molecule has 2 aliphatic heterocycles. The zero-order valence-corrected chi connectivity index (χ0v) is 22.8. The zero-order chi connectivity index (χ0) is 27.1. The summed E-state index contributed by atoms with van der Waals surface area (Å²) in [5.74, 6) is 0.725. The van der Waals surface area contributed by atoms with Crippen molar-refractivity contribution < 1.29 is 28.1 Å². The average molecular weight is 531 g/mol. The normalized spacial score (nSPS) is 17.6. The number of aryl methyl sites for hydroxylation is 1. The Labute approximate surface area is 224 Å². The molecule has 3 heterocycles. The molecule has 1 amide bonds. The lowest BCUT2D eigenvalue weighted by Crippen LogP contribution is -2.42. The highest BCUT2D eigenvalue weighted by Crippen LogP contribution is 2.27. The fourth-order valence-electron chi connectivity index (χ4n) is 4.78. The maximum Gasteiger partial charge on any atom is 0.410 e. The monoisotopic (exact) mass is 530 g/mol. The van der Waals surface area contributed by atoms with Crippen LogP contribution in [0.1, 0.15) is 50.9 Å². The lowest BCUT2D eigenvalue weighted by Gasteiger charge is -2.31. The Morgan fingerprint density at radius 1 is 1.03 bits per heavy atom. The minimum absolute atomic E-state index is 0.100. The molecule has 0 N–H and O–H groups in total. The molecule has 0 spiro atoms. The van der Waals surface area contributed by atoms with E-state index in [4.69, 9.17) is 18.9 Å². The van der Waals surface area contributed by atoms with Crippen molar-refractivity contribution >= 4 is 6.09 Å². The van der Waals surface area contributed by atoms with Crippen LogP contribution < -0.4 is 9.47 Å². The Morgan fingerprint density at radius 2 is 1.71 bits per heavy atom. The molecule has 10 heteroatoms. The third-order valence-corrected chi connectivity index (χ3v) is 6.91. The fraction of sp³-hybridized carbons (Fsp3) is 0.607. The van der Waals surface area contributed by atoms with E-state index >= 15 is 0 Å². The molecule has 0 atom stereocenters. The summed E-state index contributed by atoms with van der Waals surface area (Å²) >= 11 is 0. The number of hydrogen-bond acceptors (Lipinski definition) is 8. The van der Waals surface area contributed by atoms with E-state index in [1.54, 1.807) is 31.1 Å². The molecular weight excluding hydrogens is 491 g/mol. The van der Waals surface area contributed by atoms with Crippen molar-refractivity contribution in [3.8, 4) is 17.5 Å². The second-order valence-corrected chi connectivity index (χ2v) is 10.2. The van der Waals surface area contributed by atoms with Gasteiger partial charge in [0.25, 0.3) is 0 Å². The molecule has 0 saturated carbocycles. The summed E-state index contributed by atoms with van der Waals surface area (Å²) < 4.78 is 37.4. The number of aromatic nitrogens is 2. The van der Waals surface area contributed by atoms with Gasteiger partial charge >= 0.3 is 6.09 Å². The van der Waals surface area contributed by atoms with Gasteiger partial charge in [-0.3, -0.25) is 0 Å². The van der Waals surface area contributed by atoms with Gasteiger partial charge in [0.2, 0.25) is 11.8 Å². The molecule has 9 nitrogen and oxygen atoms in total. The number of nitrogens with zero attached hydrogens (tertiary/aromatic N) is 4. The molecule has 2 fully saturated rings. The van der Waals surface area contributed by atoms with Crippen molar-refractivity contribution in [1.29, 1.82) is 0 Å². The SMILES string of the molecule is COC1CCN(CCc2ccc(Oc3cc(OC4CCN(C(=O)OC(C)C)CC4)nc(C)n3)c(F)c2)CC1. The van der Waals surface area contributed by atoms with Crippen molar-refractivity contribution in [2.24, 2.45) is 0 Å². The van der Waals surface area contributed by atoms with Crippen LogP contribution in [0.3, 0.4) is 0 Å². The maximum absolute atomic E-state index is 14.9. The molecule has 2 saturated heterocycles. The molecule has 2 aliphatic rings. The molecule has 4 rings (SSSR count). The van der Waals surface area contributed by atoms with Gasteiger partial charge in [-0.2, -0.15) is 9.97 Å². The lowest BCUT2D eigenvalue weighted by molar-refractivity contribution is 0.0415. The molecule has 1 aromatic carbocycles. The van der Waals surface area contributed by atoms with Crippen LogP contribution in [0.15, 0.2) is 24.3 Å². The van der Waals surface area contributed by atoms with Crippen LogP contribution in [-0.4, -0.2) is 84.0 Å². The minimum atomic E-state index is -0.431. The molecule has 1 aromatic heterocycles. The standard InChI is InChI=1S/C28H39FN4O5/c1-19(2)36-28(34)33-15-10-23(11-16-33)37-26-18-27(31-20(3)30-26)38-25-6-5-21(17-24(25)29)7-12-32-13-8-22(35-4)9-14-32/h5-6,17-19,22-23H,7-16H2,1-4H3. The number of amides is 1. The number of ether oxygens (including phenoxy) is 4. The third-order valence-electron chi connectivity index (χ3n) is 6.91. The first kappa shape index (κ1) is 28.0. The van der Waals surface area contributed by atoms with Crippen LogP contribution in [0.4, 0.5) is 9.18 Å². The van der Waals surface area contributed by atoms with Gasteiger partial charge in [0, 0.05) is 52.7 Å². The van der Waals surface area contributed by atoms with Crippen LogP contribution in [0.25, 0.3) is 0 Å². The van der Waals surface area contributed by atoms with Crippen molar-refractivity contribution in [2.45, 2.75) is 71.2 Å². The van der Waals surface area contributed by atoms with Gasteiger partial charge in [-0.1, -0.05) is 6.07 Å². The Balaban J connectivity index is 1.29. The van der Waals surface area contributed by atoms with Crippen molar-refractivity contribution in [3.63, 3.8) is 0 Å². The second kappa shape index (κ2) is 13.2. The quantitative estimate of drug-likeness (QED) is 0.459. The van der Waals surface area contributed by atoms with Gasteiger partial charge < -0.3 is 28.7 Å². The summed E-state index contributed by atoms with van der Waals surface area (Å²) in [5, 5.41) is 0. The summed E-state index contributed by atoms with van der Waals surface area (Å²) in [4.78, 5) is 24.8. The average Bonchev–Trinajstić information content (AvgIpc) is 2.89. The molecule has 0 radical (unpaired) electrons. The fourth-order valence-corrected chi connectivity index (χ4v) is 4.78. The zero-order valence-electron chi connectivity index (χ0n) is 22.8. The van der Waals surface area contributed by atoms with E-state index in [1.165, 1.54) is 6.07 Å². The van der Waals surface area contributed by atoms with E-state index in [9.17, 15) is 9.18 Å². The van der Waals surface area contributed by atoms with E-state index in [1.807, 2.05) is 19.9 Å². The molecular formula is C28H39FN4O5. The molecule has 208 valence electrons. The Hall–Kier alpha value is -2.98. The first-order valence-electron chi connectivity index (χ1n) is 13.5. The Bertz CT molecular complexity index is 1070. The van der Waals surface area contributed by atoms with Crippen LogP contribution in [0, 0.1) is 12.7 Å². The summed E-state index contributed by atoms with van der Waals surface area (Å²) in [6.07, 6.45) is 3.96. The second-order valence-electron chi connectivity index (χ2n) is 10.2. The first-order valence-corrected chi connectivity index (χ1v) is 13.5. The van der Waals surface area contributed by atoms with Crippen LogP contribution in [0.5, 0.6) is 17.5 Å². The smallest absolute Gasteiger partial charge is 0.410 e. The van der Waals surface area contributed by atoms with E-state index in [-0.39, 0.29) is 29.9 Å². The van der Waals surface area contributed by atoms with Crippen LogP contribution >= 0.6 is 0 Å². The van der Waals surface area contributed by atoms with Gasteiger partial charge in [0.15, 0.2) is 11.6 Å². The number of methoxy groups -OCH3 is 1. The molecule has 0 aliphatic carbocycles. The topological polar surface area (TPSA) is 86.2 Å². The number of likely N-dealkylation sites (tertiary alicyclic amines) is 2. The van der Waals surface area contributed by atoms with E-state index in [0.29, 0.717) is 43.7 Å². The highest BCUT2D eigenvalue weighted by atomic mass is 19.1. The highest BCUT2D eigenvalue weighted by molar-refractivity contribution is 5.67. The number of benzene rings is 1. The predicted octanol–water partition coefficient (Wildman–Crippen LogP) is 4.76. The summed E-state index contributed by atoms with van der Waals surface area (Å²) in [6, 6.07) is 6.64. The largest absolute Gasteiger partial charge is 0.474 e. The third kappa shape index (κ3) is 8.01. The number of rotatable bonds is 9. The van der Waals surface area contributed by atoms with Gasteiger partial charge in [-0.15, -0.1) is 0 Å². The summed E-state index contributed by atoms with van der Waals surface area (Å²) in [6.45, 7) is 9.39. The van der Waals surface area contributed by atoms with Crippen LogP contribution in [0.2, 0.25) is 0 Å². The molecule has 0 bridgehead atoms. The number of carbonyl (C=O) groups excluding carboxylic acids is 1. The number of piperidine rings is 2. The van der Waals surface area contributed by atoms with E-state index < -0.39 is 5.82 Å². The molecule has 0 unspecified atom stereocenters. The van der Waals surface area contributed by atoms with E-state index in [2.05, 4.69) is 14.9 Å². The predicted molar refractivity (Wildman–Crippen MR) is 140 cm³/mol. The van der Waals surface area contributed by atoms with Gasteiger partial charge in [0.1, 0.15) is 11.9 Å². The van der Waals surface area contributed by atoms with Crippen molar-refractivity contribution in [2.75, 3.05) is 39.8 Å². The maximum atomic E-state index is 14.9. The molecule has 38 heavy (non-hydrogen) atoms. The number of hydrogen-bond donors (Lipinski definition) is 0. The number of halogens is 1. The first-order chi connectivity index (χ1) is 18.3. The van der Waals surface area contributed by atoms with Crippen molar-refractivity contribution in [1.82, 2.24) is 19.8 Å². The van der Waals surface area contributed by atoms with Gasteiger partial charge in [-0.05, 0) is 57.7 Å². The van der Waals surface area contributed by atoms with E-state index in [0.717, 1.165) is 44.5 Å². The Morgan fingerprint density at radius 3 is 2.37 bits per heavy atom. The molecule has 2 aromatic rings. The van der Waals surface area contributed by atoms with Crippen molar-refractivity contribution in [3.05, 3.63) is 41.5 Å². The van der Waals surface area contributed by atoms with Gasteiger partial charge in [0.05, 0.1) is 18.3 Å². The number of carbonyl (C=O) groups is 1. The Kier molecular flexibility index (Phi) is 9.74. The summed E-state index contributed by atoms with van der Waals surface area (Å²) in [7, 11) is 1.77. The summed E-state index contributed by atoms with van der Waals surface area (Å²) in [5.41, 5.74) is 0.926. The van der Waals surface area contributed by atoms with Crippen LogP contribution in [-0.2, 0) is 15.9 Å². The lowest BCUT2D eigenvalue weighted by atomic mass is 10.1. The minimum Gasteiger partial charge on any atom is -0.474 e. The van der Waals surface area contributed by atoms with Gasteiger partial charge in [-0.25, -0.2) is 9.18 Å². The highest BCUT2D eigenvalue weighted by Gasteiger charge is 2.26.